The summed E-state index contributed by atoms with van der Waals surface area (Å²) in [5.74, 6) is -0.905. The second-order valence-electron chi connectivity index (χ2n) is 6.97. The summed E-state index contributed by atoms with van der Waals surface area (Å²) in [6.45, 7) is 4.17. The molecule has 148 valence electrons. The molecule has 0 fully saturated rings. The second kappa shape index (κ2) is 7.43. The van der Waals surface area contributed by atoms with Crippen molar-refractivity contribution in [2.24, 2.45) is 0 Å². The van der Waals surface area contributed by atoms with Crippen molar-refractivity contribution in [1.82, 2.24) is 20.1 Å². The van der Waals surface area contributed by atoms with Crippen LogP contribution in [0.3, 0.4) is 0 Å². The minimum atomic E-state index is -0.427. The number of fused-ring (bicyclic) bond motifs is 1. The first kappa shape index (κ1) is 18.7. The normalized spacial score (nSPS) is 11.1. The molecule has 0 aliphatic rings. The van der Waals surface area contributed by atoms with Crippen molar-refractivity contribution in [2.45, 2.75) is 20.3 Å². The number of halogens is 1. The topological polar surface area (TPSA) is 82.9 Å². The summed E-state index contributed by atoms with van der Waals surface area (Å²) in [5.41, 5.74) is 4.07. The van der Waals surface area contributed by atoms with Crippen LogP contribution in [0.2, 0.25) is 0 Å². The molecule has 0 atom stereocenters. The lowest BCUT2D eigenvalue weighted by Crippen LogP contribution is -2.28. The van der Waals surface area contributed by atoms with E-state index in [1.165, 1.54) is 16.9 Å². The van der Waals surface area contributed by atoms with Gasteiger partial charge in [0.1, 0.15) is 5.82 Å². The molecule has 6 nitrogen and oxygen atoms in total. The third-order valence-electron chi connectivity index (χ3n) is 5.06. The van der Waals surface area contributed by atoms with E-state index in [0.29, 0.717) is 24.2 Å². The van der Waals surface area contributed by atoms with Gasteiger partial charge in [-0.15, -0.1) is 0 Å². The van der Waals surface area contributed by atoms with Crippen LogP contribution in [-0.4, -0.2) is 32.3 Å². The lowest BCUT2D eigenvalue weighted by molar-refractivity contribution is 0.0943. The van der Waals surface area contributed by atoms with Crippen LogP contribution in [-0.2, 0) is 6.42 Å². The molecule has 0 aliphatic heterocycles. The number of nitrogens with one attached hydrogen (secondary N) is 2. The Kier molecular flexibility index (Phi) is 4.80. The molecule has 29 heavy (non-hydrogen) atoms. The monoisotopic (exact) mass is 392 g/mol. The average Bonchev–Trinajstić information content (AvgIpc) is 3.26. The maximum Gasteiger partial charge on any atom is 0.273 e. The molecule has 0 aliphatic carbocycles. The summed E-state index contributed by atoms with van der Waals surface area (Å²) in [4.78, 5) is 15.8. The van der Waals surface area contributed by atoms with Gasteiger partial charge in [-0.3, -0.25) is 4.79 Å². The molecule has 0 spiro atoms. The van der Waals surface area contributed by atoms with Gasteiger partial charge in [0.15, 0.2) is 11.4 Å². The van der Waals surface area contributed by atoms with Crippen molar-refractivity contribution in [3.63, 3.8) is 0 Å². The molecule has 2 aromatic heterocycles. The smallest absolute Gasteiger partial charge is 0.273 e. The Bertz CT molecular complexity index is 1190. The first-order valence-electron chi connectivity index (χ1n) is 9.34. The van der Waals surface area contributed by atoms with Gasteiger partial charge in [0.05, 0.1) is 17.4 Å². The highest BCUT2D eigenvalue weighted by molar-refractivity contribution is 5.95. The summed E-state index contributed by atoms with van der Waals surface area (Å²) in [7, 11) is 0. The highest BCUT2D eigenvalue weighted by Crippen LogP contribution is 2.28. The van der Waals surface area contributed by atoms with Gasteiger partial charge in [-0.25, -0.2) is 9.07 Å². The lowest BCUT2D eigenvalue weighted by atomic mass is 10.0. The van der Waals surface area contributed by atoms with Gasteiger partial charge in [-0.05, 0) is 49.6 Å². The molecule has 0 unspecified atom stereocenters. The van der Waals surface area contributed by atoms with Crippen LogP contribution in [0.15, 0.2) is 48.7 Å². The average molecular weight is 392 g/mol. The molecule has 4 rings (SSSR count). The van der Waals surface area contributed by atoms with Crippen LogP contribution in [0, 0.1) is 19.7 Å². The zero-order chi connectivity index (χ0) is 20.5. The molecule has 1 amide bonds. The molecular weight excluding hydrogens is 371 g/mol. The first-order chi connectivity index (χ1) is 14.0. The Morgan fingerprint density at radius 3 is 2.72 bits per heavy atom. The molecule has 0 saturated heterocycles. The minimum Gasteiger partial charge on any atom is -0.504 e. The first-order valence-corrected chi connectivity index (χ1v) is 9.34. The number of nitrogens with zero attached hydrogens (tertiary/aromatic N) is 2. The van der Waals surface area contributed by atoms with Gasteiger partial charge in [0.2, 0.25) is 0 Å². The number of rotatable bonds is 5. The van der Waals surface area contributed by atoms with Gasteiger partial charge in [0, 0.05) is 17.6 Å². The molecule has 0 radical (unpaired) electrons. The molecule has 2 heterocycles. The molecule has 7 heteroatoms. The summed E-state index contributed by atoms with van der Waals surface area (Å²) in [6.07, 6.45) is 1.78. The van der Waals surface area contributed by atoms with E-state index >= 15 is 0 Å². The van der Waals surface area contributed by atoms with Gasteiger partial charge >= 0.3 is 0 Å². The number of aromatic nitrogens is 3. The Balaban J connectivity index is 1.54. The Labute approximate surface area is 167 Å². The van der Waals surface area contributed by atoms with Crippen molar-refractivity contribution >= 4 is 16.8 Å². The lowest BCUT2D eigenvalue weighted by Gasteiger charge is -2.09. The Morgan fingerprint density at radius 2 is 1.97 bits per heavy atom. The second-order valence-corrected chi connectivity index (χ2v) is 6.97. The molecular formula is C22H21FN4O2. The van der Waals surface area contributed by atoms with Crippen LogP contribution in [0.1, 0.15) is 27.3 Å². The van der Waals surface area contributed by atoms with Gasteiger partial charge in [-0.1, -0.05) is 24.3 Å². The van der Waals surface area contributed by atoms with Crippen LogP contribution in [0.25, 0.3) is 16.6 Å². The third kappa shape index (κ3) is 3.35. The molecule has 4 aromatic rings. The summed E-state index contributed by atoms with van der Waals surface area (Å²) >= 11 is 0. The van der Waals surface area contributed by atoms with Gasteiger partial charge in [0.25, 0.3) is 5.91 Å². The maximum atomic E-state index is 14.1. The number of hydrogen-bond donors (Lipinski definition) is 3. The number of aryl methyl sites for hydroxylation is 2. The Morgan fingerprint density at radius 1 is 1.21 bits per heavy atom. The predicted octanol–water partition coefficient (Wildman–Crippen LogP) is 3.79. The van der Waals surface area contributed by atoms with E-state index in [0.717, 1.165) is 22.2 Å². The van der Waals surface area contributed by atoms with E-state index in [4.69, 9.17) is 0 Å². The number of amides is 1. The molecule has 0 saturated carbocycles. The van der Waals surface area contributed by atoms with Crippen molar-refractivity contribution < 1.29 is 14.3 Å². The summed E-state index contributed by atoms with van der Waals surface area (Å²) in [6, 6.07) is 12.3. The zero-order valence-electron chi connectivity index (χ0n) is 16.2. The number of carbonyl (C=O) groups is 1. The van der Waals surface area contributed by atoms with Gasteiger partial charge < -0.3 is 15.4 Å². The zero-order valence-corrected chi connectivity index (χ0v) is 16.2. The van der Waals surface area contributed by atoms with E-state index in [1.807, 2.05) is 32.0 Å². The van der Waals surface area contributed by atoms with Gasteiger partial charge in [-0.2, -0.15) is 5.10 Å². The van der Waals surface area contributed by atoms with Crippen LogP contribution < -0.4 is 5.32 Å². The number of aromatic hydroxyl groups is 1. The van der Waals surface area contributed by atoms with Crippen LogP contribution >= 0.6 is 0 Å². The van der Waals surface area contributed by atoms with Crippen molar-refractivity contribution in [1.29, 1.82) is 0 Å². The number of H-pyrrole nitrogens is 1. The quantitative estimate of drug-likeness (QED) is 0.483. The Hall–Kier alpha value is -3.61. The third-order valence-corrected chi connectivity index (χ3v) is 5.06. The van der Waals surface area contributed by atoms with Crippen LogP contribution in [0.4, 0.5) is 4.39 Å². The largest absolute Gasteiger partial charge is 0.504 e. The highest BCUT2D eigenvalue weighted by atomic mass is 19.1. The number of hydrogen-bond acceptors (Lipinski definition) is 3. The highest BCUT2D eigenvalue weighted by Gasteiger charge is 2.20. The van der Waals surface area contributed by atoms with E-state index in [1.54, 1.807) is 18.2 Å². The van der Waals surface area contributed by atoms with Crippen molar-refractivity contribution in [2.75, 3.05) is 6.54 Å². The molecule has 2 aromatic carbocycles. The molecule has 3 N–H and O–H groups in total. The van der Waals surface area contributed by atoms with Crippen molar-refractivity contribution in [3.05, 3.63) is 77.0 Å². The van der Waals surface area contributed by atoms with E-state index in [-0.39, 0.29) is 17.3 Å². The fourth-order valence-corrected chi connectivity index (χ4v) is 3.66. The van der Waals surface area contributed by atoms with E-state index in [2.05, 4.69) is 15.4 Å². The van der Waals surface area contributed by atoms with Crippen molar-refractivity contribution in [3.8, 4) is 11.4 Å². The number of aromatic amines is 1. The number of carbonyl (C=O) groups excluding carboxylic acids is 1. The molecule has 0 bridgehead atoms. The fourth-order valence-electron chi connectivity index (χ4n) is 3.66. The number of para-hydroxylation sites is 1. The predicted molar refractivity (Wildman–Crippen MR) is 109 cm³/mol. The summed E-state index contributed by atoms with van der Waals surface area (Å²) < 4.78 is 15.5. The van der Waals surface area contributed by atoms with Crippen LogP contribution in [0.5, 0.6) is 5.75 Å². The summed E-state index contributed by atoms with van der Waals surface area (Å²) in [5, 5.41) is 17.9. The fraction of sp³-hybridized carbons (Fsp3) is 0.182. The number of benzene rings is 2. The standard InChI is InChI=1S/C22H21FN4O2/c1-13-8-9-17(23)20-19(13)16(14(2)26-20)10-11-24-22(29)21-18(28)12-25-27(21)15-6-4-3-5-7-15/h3-9,12,26,28H,10-11H2,1-2H3,(H,24,29). The SMILES string of the molecule is Cc1[nH]c2c(F)ccc(C)c2c1CCNC(=O)c1c(O)cnn1-c1ccccc1. The maximum absolute atomic E-state index is 14.1. The van der Waals surface area contributed by atoms with E-state index in [9.17, 15) is 14.3 Å². The van der Waals surface area contributed by atoms with E-state index < -0.39 is 5.91 Å². The minimum absolute atomic E-state index is 0.0778.